The Labute approximate surface area is 250 Å². The van der Waals surface area contributed by atoms with Gasteiger partial charge in [-0.3, -0.25) is 0 Å². The summed E-state index contributed by atoms with van der Waals surface area (Å²) in [7, 11) is -3.33. The molecule has 1 saturated carbocycles. The molecule has 1 aromatic carbocycles. The SMILES string of the molecule is CC(C)CC(CC(C)C)O[Si](OC(CC(C)C)CC(C)C)(OC(CC(C)C)CC(C)C)c1ccccc1C1CC1. The molecule has 232 valence electrons. The zero-order chi connectivity index (χ0) is 30.0. The first-order valence-electron chi connectivity index (χ1n) is 16.8. The minimum atomic E-state index is -3.33. The van der Waals surface area contributed by atoms with Gasteiger partial charge in [-0.25, -0.2) is 0 Å². The Balaban J connectivity index is 2.76. The average Bonchev–Trinajstić information content (AvgIpc) is 3.61. The van der Waals surface area contributed by atoms with Gasteiger partial charge < -0.3 is 13.3 Å². The van der Waals surface area contributed by atoms with E-state index in [1.165, 1.54) is 23.6 Å². The highest BCUT2D eigenvalue weighted by Gasteiger charge is 2.52. The number of benzene rings is 1. The Morgan fingerprint density at radius 3 is 1.10 bits per heavy atom. The lowest BCUT2D eigenvalue weighted by molar-refractivity contribution is -0.0329. The smallest absolute Gasteiger partial charge is 0.367 e. The van der Waals surface area contributed by atoms with Gasteiger partial charge in [-0.1, -0.05) is 107 Å². The fraction of sp³-hybridized carbons (Fsp3) is 0.833. The zero-order valence-electron chi connectivity index (χ0n) is 28.5. The highest BCUT2D eigenvalue weighted by molar-refractivity contribution is 6.76. The van der Waals surface area contributed by atoms with Crippen LogP contribution >= 0.6 is 0 Å². The minimum absolute atomic E-state index is 0.122. The summed E-state index contributed by atoms with van der Waals surface area (Å²) >= 11 is 0. The molecule has 0 N–H and O–H groups in total. The summed E-state index contributed by atoms with van der Waals surface area (Å²) in [5.41, 5.74) is 1.42. The van der Waals surface area contributed by atoms with Crippen LogP contribution in [-0.4, -0.2) is 27.1 Å². The molecule has 0 heterocycles. The summed E-state index contributed by atoms with van der Waals surface area (Å²) in [6.07, 6.45) is 9.06. The molecule has 0 saturated heterocycles. The maximum Gasteiger partial charge on any atom is 0.538 e. The number of hydrogen-bond donors (Lipinski definition) is 0. The van der Waals surface area contributed by atoms with Crippen LogP contribution in [0.4, 0.5) is 0 Å². The van der Waals surface area contributed by atoms with Crippen LogP contribution in [0.1, 0.15) is 146 Å². The molecule has 0 bridgehead atoms. The fourth-order valence-electron chi connectivity index (χ4n) is 6.19. The molecule has 0 unspecified atom stereocenters. The maximum absolute atomic E-state index is 7.55. The largest absolute Gasteiger partial charge is 0.538 e. The first-order chi connectivity index (χ1) is 18.7. The van der Waals surface area contributed by atoms with E-state index in [4.69, 9.17) is 13.3 Å². The third kappa shape index (κ3) is 12.7. The Bertz CT molecular complexity index is 733. The summed E-state index contributed by atoms with van der Waals surface area (Å²) in [6, 6.07) is 9.05. The Morgan fingerprint density at radius 2 is 0.825 bits per heavy atom. The molecule has 0 aliphatic heterocycles. The summed E-state index contributed by atoms with van der Waals surface area (Å²) in [4.78, 5) is 0. The van der Waals surface area contributed by atoms with Crippen molar-refractivity contribution in [2.24, 2.45) is 35.5 Å². The molecular weight excluding hydrogens is 508 g/mol. The van der Waals surface area contributed by atoms with Crippen molar-refractivity contribution in [2.45, 2.75) is 159 Å². The summed E-state index contributed by atoms with van der Waals surface area (Å²) in [6.45, 7) is 27.8. The summed E-state index contributed by atoms with van der Waals surface area (Å²) in [5, 5.41) is 1.25. The second-order valence-electron chi connectivity index (χ2n) is 15.4. The Morgan fingerprint density at radius 1 is 0.525 bits per heavy atom. The van der Waals surface area contributed by atoms with Crippen molar-refractivity contribution in [1.29, 1.82) is 0 Å². The lowest BCUT2D eigenvalue weighted by Gasteiger charge is -2.41. The van der Waals surface area contributed by atoms with E-state index in [-0.39, 0.29) is 18.3 Å². The van der Waals surface area contributed by atoms with Crippen molar-refractivity contribution >= 4 is 14.0 Å². The van der Waals surface area contributed by atoms with Gasteiger partial charge in [-0.2, -0.15) is 0 Å². The monoisotopic (exact) mass is 574 g/mol. The molecular formula is C36H66O3Si. The van der Waals surface area contributed by atoms with Gasteiger partial charge in [0.2, 0.25) is 0 Å². The van der Waals surface area contributed by atoms with Crippen LogP contribution < -0.4 is 5.19 Å². The first kappa shape index (κ1) is 35.5. The van der Waals surface area contributed by atoms with E-state index in [1.807, 2.05) is 0 Å². The van der Waals surface area contributed by atoms with E-state index in [0.29, 0.717) is 41.4 Å². The Hall–Kier alpha value is -0.683. The lowest BCUT2D eigenvalue weighted by Crippen LogP contribution is -2.63. The normalized spacial score (nSPS) is 15.1. The number of hydrogen-bond acceptors (Lipinski definition) is 3. The molecule has 0 atom stereocenters. The van der Waals surface area contributed by atoms with Crippen LogP contribution in [0.25, 0.3) is 0 Å². The van der Waals surface area contributed by atoms with E-state index in [9.17, 15) is 0 Å². The molecule has 1 aromatic rings. The second-order valence-corrected chi connectivity index (χ2v) is 17.8. The van der Waals surface area contributed by atoms with Gasteiger partial charge in [-0.15, -0.1) is 0 Å². The highest BCUT2D eigenvalue weighted by Crippen LogP contribution is 2.41. The van der Waals surface area contributed by atoms with E-state index >= 15 is 0 Å². The van der Waals surface area contributed by atoms with E-state index in [2.05, 4.69) is 107 Å². The van der Waals surface area contributed by atoms with Gasteiger partial charge >= 0.3 is 8.80 Å². The van der Waals surface area contributed by atoms with Gasteiger partial charge in [0.25, 0.3) is 0 Å². The van der Waals surface area contributed by atoms with E-state index in [1.54, 1.807) is 0 Å². The van der Waals surface area contributed by atoms with Gasteiger partial charge in [0.15, 0.2) is 0 Å². The van der Waals surface area contributed by atoms with Crippen LogP contribution in [0.3, 0.4) is 0 Å². The predicted octanol–water partition coefficient (Wildman–Crippen LogP) is 10.1. The molecule has 0 radical (unpaired) electrons. The van der Waals surface area contributed by atoms with Crippen LogP contribution in [0, 0.1) is 35.5 Å². The second kappa shape index (κ2) is 16.8. The molecule has 1 fully saturated rings. The summed E-state index contributed by atoms with van der Waals surface area (Å²) < 4.78 is 22.6. The van der Waals surface area contributed by atoms with Crippen molar-refractivity contribution in [3.8, 4) is 0 Å². The van der Waals surface area contributed by atoms with Crippen LogP contribution in [0.15, 0.2) is 24.3 Å². The molecule has 0 aromatic heterocycles. The van der Waals surface area contributed by atoms with Crippen LogP contribution in [0.2, 0.25) is 0 Å². The molecule has 2 rings (SSSR count). The quantitative estimate of drug-likeness (QED) is 0.145. The molecule has 0 spiro atoms. The molecule has 3 nitrogen and oxygen atoms in total. The van der Waals surface area contributed by atoms with Crippen LogP contribution in [-0.2, 0) is 13.3 Å². The van der Waals surface area contributed by atoms with Gasteiger partial charge in [0, 0.05) is 5.19 Å². The minimum Gasteiger partial charge on any atom is -0.367 e. The molecule has 1 aliphatic carbocycles. The topological polar surface area (TPSA) is 27.7 Å². The van der Waals surface area contributed by atoms with E-state index in [0.717, 1.165) is 38.5 Å². The van der Waals surface area contributed by atoms with Gasteiger partial charge in [0.05, 0.1) is 18.3 Å². The molecule has 40 heavy (non-hydrogen) atoms. The van der Waals surface area contributed by atoms with Crippen molar-refractivity contribution in [2.75, 3.05) is 0 Å². The predicted molar refractivity (Wildman–Crippen MR) is 175 cm³/mol. The first-order valence-corrected chi connectivity index (χ1v) is 18.6. The maximum atomic E-state index is 7.55. The molecule has 4 heteroatoms. The third-order valence-corrected chi connectivity index (χ3v) is 10.7. The standard InChI is InChI=1S/C36H66O3Si/c1-25(2)19-32(20-26(3)4)37-40(38-33(21-27(5)6)22-28(7)8,39-34(23-29(9)10)24-30(11)12)36-16-14-13-15-35(36)31-17-18-31/h13-16,25-34H,17-24H2,1-12H3. The highest BCUT2D eigenvalue weighted by atomic mass is 28.4. The van der Waals surface area contributed by atoms with Crippen molar-refractivity contribution in [1.82, 2.24) is 0 Å². The van der Waals surface area contributed by atoms with Gasteiger partial charge in [0.1, 0.15) is 0 Å². The van der Waals surface area contributed by atoms with Crippen molar-refractivity contribution in [3.63, 3.8) is 0 Å². The zero-order valence-corrected chi connectivity index (χ0v) is 29.5. The third-order valence-electron chi connectivity index (χ3n) is 7.68. The molecule has 1 aliphatic rings. The van der Waals surface area contributed by atoms with Crippen molar-refractivity contribution in [3.05, 3.63) is 29.8 Å². The Kier molecular flexibility index (Phi) is 14.9. The fourth-order valence-corrected chi connectivity index (χ4v) is 9.57. The number of rotatable bonds is 20. The van der Waals surface area contributed by atoms with Crippen molar-refractivity contribution < 1.29 is 13.3 Å². The lowest BCUT2D eigenvalue weighted by atomic mass is 9.98. The van der Waals surface area contributed by atoms with Gasteiger partial charge in [-0.05, 0) is 98.4 Å². The van der Waals surface area contributed by atoms with Crippen LogP contribution in [0.5, 0.6) is 0 Å². The summed E-state index contributed by atoms with van der Waals surface area (Å²) in [5.74, 6) is 3.93. The molecule has 0 amide bonds. The van der Waals surface area contributed by atoms with E-state index < -0.39 is 8.80 Å². The average molecular weight is 575 g/mol.